The van der Waals surface area contributed by atoms with Crippen LogP contribution in [-0.2, 0) is 26.2 Å². The number of rotatable bonds is 5. The highest BCUT2D eigenvalue weighted by atomic mass is 35.5. The molecule has 0 aliphatic carbocycles. The first kappa shape index (κ1) is 18.4. The molecule has 1 amide bonds. The Bertz CT molecular complexity index is 798. The number of aliphatic carboxylic acids is 1. The maximum absolute atomic E-state index is 13.2. The van der Waals surface area contributed by atoms with Gasteiger partial charge in [0.15, 0.2) is 0 Å². The van der Waals surface area contributed by atoms with Crippen molar-refractivity contribution in [1.29, 1.82) is 0 Å². The van der Waals surface area contributed by atoms with E-state index in [9.17, 15) is 9.59 Å². The molecule has 2 N–H and O–H groups in total. The van der Waals surface area contributed by atoms with Gasteiger partial charge in [-0.3, -0.25) is 9.59 Å². The third-order valence-electron chi connectivity index (χ3n) is 4.74. The van der Waals surface area contributed by atoms with E-state index in [0.717, 1.165) is 5.56 Å². The molecule has 2 aromatic rings. The maximum atomic E-state index is 13.2. The van der Waals surface area contributed by atoms with Gasteiger partial charge in [0.2, 0.25) is 5.91 Å². The molecule has 0 atom stereocenters. The fraction of sp³-hybridized carbons (Fsp3) is 0.300. The van der Waals surface area contributed by atoms with Crippen LogP contribution >= 0.6 is 11.6 Å². The van der Waals surface area contributed by atoms with E-state index in [-0.39, 0.29) is 12.3 Å². The standard InChI is InChI=1S/C20H20ClNO4/c21-17-4-2-1-3-16(17)20(9-11-26-12-10-20)19(25)22-15-7-5-14(6-8-15)13-18(23)24/h1-8H,9-13H2,(H,22,25)(H,23,24). The molecule has 0 radical (unpaired) electrons. The number of ether oxygens (including phenoxy) is 1. The maximum Gasteiger partial charge on any atom is 0.307 e. The largest absolute Gasteiger partial charge is 0.481 e. The van der Waals surface area contributed by atoms with Gasteiger partial charge in [-0.05, 0) is 42.2 Å². The molecule has 6 heteroatoms. The summed E-state index contributed by atoms with van der Waals surface area (Å²) in [5, 5.41) is 12.4. The average Bonchev–Trinajstić information content (AvgIpc) is 2.64. The molecule has 136 valence electrons. The van der Waals surface area contributed by atoms with E-state index in [1.54, 1.807) is 30.3 Å². The summed E-state index contributed by atoms with van der Waals surface area (Å²) in [6, 6.07) is 14.3. The van der Waals surface area contributed by atoms with Gasteiger partial charge in [0.25, 0.3) is 0 Å². The Morgan fingerprint density at radius 3 is 2.35 bits per heavy atom. The van der Waals surface area contributed by atoms with Crippen LogP contribution in [0.2, 0.25) is 5.02 Å². The third kappa shape index (κ3) is 3.89. The van der Waals surface area contributed by atoms with Gasteiger partial charge in [0, 0.05) is 23.9 Å². The Morgan fingerprint density at radius 2 is 1.73 bits per heavy atom. The number of anilines is 1. The van der Waals surface area contributed by atoms with Crippen molar-refractivity contribution in [2.45, 2.75) is 24.7 Å². The van der Waals surface area contributed by atoms with Crippen molar-refractivity contribution >= 4 is 29.2 Å². The zero-order chi connectivity index (χ0) is 18.6. The van der Waals surface area contributed by atoms with Crippen molar-refractivity contribution in [2.24, 2.45) is 0 Å². The van der Waals surface area contributed by atoms with Crippen molar-refractivity contribution in [2.75, 3.05) is 18.5 Å². The van der Waals surface area contributed by atoms with Crippen molar-refractivity contribution in [3.05, 3.63) is 64.7 Å². The van der Waals surface area contributed by atoms with Crippen LogP contribution in [0.15, 0.2) is 48.5 Å². The Morgan fingerprint density at radius 1 is 1.08 bits per heavy atom. The summed E-state index contributed by atoms with van der Waals surface area (Å²) in [7, 11) is 0. The molecular formula is C20H20ClNO4. The van der Waals surface area contributed by atoms with Gasteiger partial charge in [-0.25, -0.2) is 0 Å². The molecule has 1 aliphatic heterocycles. The number of hydrogen-bond acceptors (Lipinski definition) is 3. The van der Waals surface area contributed by atoms with Gasteiger partial charge in [-0.1, -0.05) is 41.9 Å². The van der Waals surface area contributed by atoms with Crippen LogP contribution < -0.4 is 5.32 Å². The van der Waals surface area contributed by atoms with Gasteiger partial charge >= 0.3 is 5.97 Å². The first-order valence-corrected chi connectivity index (χ1v) is 8.84. The first-order chi connectivity index (χ1) is 12.5. The van der Waals surface area contributed by atoms with E-state index >= 15 is 0 Å². The van der Waals surface area contributed by atoms with E-state index in [4.69, 9.17) is 21.4 Å². The topological polar surface area (TPSA) is 75.6 Å². The van der Waals surface area contributed by atoms with Crippen LogP contribution in [0.1, 0.15) is 24.0 Å². The number of nitrogens with one attached hydrogen (secondary N) is 1. The lowest BCUT2D eigenvalue weighted by Gasteiger charge is -2.36. The zero-order valence-electron chi connectivity index (χ0n) is 14.2. The summed E-state index contributed by atoms with van der Waals surface area (Å²) < 4.78 is 5.46. The van der Waals surface area contributed by atoms with E-state index in [2.05, 4.69) is 5.32 Å². The fourth-order valence-corrected chi connectivity index (χ4v) is 3.64. The monoisotopic (exact) mass is 373 g/mol. The van der Waals surface area contributed by atoms with Gasteiger partial charge in [-0.2, -0.15) is 0 Å². The predicted molar refractivity (Wildman–Crippen MR) is 99.6 cm³/mol. The molecular weight excluding hydrogens is 354 g/mol. The van der Waals surface area contributed by atoms with E-state index in [1.165, 1.54) is 0 Å². The molecule has 5 nitrogen and oxygen atoms in total. The third-order valence-corrected chi connectivity index (χ3v) is 5.07. The molecule has 0 bridgehead atoms. The van der Waals surface area contributed by atoms with Crippen molar-refractivity contribution in [3.63, 3.8) is 0 Å². The normalized spacial score (nSPS) is 16.0. The van der Waals surface area contributed by atoms with Gasteiger partial charge in [0.1, 0.15) is 0 Å². The number of carboxylic acid groups (broad SMARTS) is 1. The number of benzene rings is 2. The smallest absolute Gasteiger partial charge is 0.307 e. The second kappa shape index (κ2) is 7.89. The Labute approximate surface area is 156 Å². The summed E-state index contributed by atoms with van der Waals surface area (Å²) >= 11 is 6.39. The van der Waals surface area contributed by atoms with Gasteiger partial charge in [-0.15, -0.1) is 0 Å². The van der Waals surface area contributed by atoms with Crippen LogP contribution in [0.4, 0.5) is 5.69 Å². The van der Waals surface area contributed by atoms with E-state index < -0.39 is 11.4 Å². The van der Waals surface area contributed by atoms with E-state index in [1.807, 2.05) is 18.2 Å². The average molecular weight is 374 g/mol. The minimum atomic E-state index is -0.887. The molecule has 1 aliphatic rings. The molecule has 0 saturated carbocycles. The highest BCUT2D eigenvalue weighted by molar-refractivity contribution is 6.31. The number of carbonyl (C=O) groups excluding carboxylic acids is 1. The predicted octanol–water partition coefficient (Wildman–Crippen LogP) is 3.65. The highest BCUT2D eigenvalue weighted by Gasteiger charge is 2.43. The quantitative estimate of drug-likeness (QED) is 0.838. The zero-order valence-corrected chi connectivity index (χ0v) is 15.0. The number of hydrogen-bond donors (Lipinski definition) is 2. The molecule has 26 heavy (non-hydrogen) atoms. The summed E-state index contributed by atoms with van der Waals surface area (Å²) in [4.78, 5) is 24.0. The summed E-state index contributed by atoms with van der Waals surface area (Å²) in [6.45, 7) is 0.992. The van der Waals surface area contributed by atoms with Crippen LogP contribution in [0.3, 0.4) is 0 Å². The van der Waals surface area contributed by atoms with Crippen molar-refractivity contribution in [3.8, 4) is 0 Å². The molecule has 0 aromatic heterocycles. The molecule has 0 spiro atoms. The van der Waals surface area contributed by atoms with Crippen LogP contribution in [0.25, 0.3) is 0 Å². The van der Waals surface area contributed by atoms with Crippen LogP contribution in [-0.4, -0.2) is 30.2 Å². The summed E-state index contributed by atoms with van der Waals surface area (Å²) in [5.41, 5.74) is 1.38. The lowest BCUT2D eigenvalue weighted by molar-refractivity contribution is -0.136. The van der Waals surface area contributed by atoms with Gasteiger partial charge < -0.3 is 15.2 Å². The second-order valence-corrected chi connectivity index (χ2v) is 6.80. The fourth-order valence-electron chi connectivity index (χ4n) is 3.32. The number of amides is 1. The van der Waals surface area contributed by atoms with Crippen LogP contribution in [0, 0.1) is 0 Å². The van der Waals surface area contributed by atoms with Crippen LogP contribution in [0.5, 0.6) is 0 Å². The highest BCUT2D eigenvalue weighted by Crippen LogP contribution is 2.39. The van der Waals surface area contributed by atoms with Crippen molar-refractivity contribution in [1.82, 2.24) is 0 Å². The molecule has 3 rings (SSSR count). The molecule has 1 fully saturated rings. The SMILES string of the molecule is O=C(O)Cc1ccc(NC(=O)C2(c3ccccc3Cl)CCOCC2)cc1. The number of carboxylic acids is 1. The molecule has 2 aromatic carbocycles. The number of halogens is 1. The summed E-state index contributed by atoms with van der Waals surface area (Å²) in [5.74, 6) is -1.01. The van der Waals surface area contributed by atoms with E-state index in [0.29, 0.717) is 42.3 Å². The number of carbonyl (C=O) groups is 2. The Balaban J connectivity index is 1.85. The molecule has 1 saturated heterocycles. The molecule has 0 unspecified atom stereocenters. The second-order valence-electron chi connectivity index (χ2n) is 6.40. The summed E-state index contributed by atoms with van der Waals surface area (Å²) in [6.07, 6.45) is 1.06. The lowest BCUT2D eigenvalue weighted by Crippen LogP contribution is -2.45. The van der Waals surface area contributed by atoms with Crippen molar-refractivity contribution < 1.29 is 19.4 Å². The minimum Gasteiger partial charge on any atom is -0.481 e. The minimum absolute atomic E-state index is 0.0465. The lowest BCUT2D eigenvalue weighted by atomic mass is 9.73. The Kier molecular flexibility index (Phi) is 5.59. The van der Waals surface area contributed by atoms with Gasteiger partial charge in [0.05, 0.1) is 11.8 Å². The Hall–Kier alpha value is -2.37. The first-order valence-electron chi connectivity index (χ1n) is 8.46. The molecule has 1 heterocycles.